The molecule has 2 heterocycles. The highest BCUT2D eigenvalue weighted by Gasteiger charge is 2.33. The molecule has 0 bridgehead atoms. The average Bonchev–Trinajstić information content (AvgIpc) is 3.32. The lowest BCUT2D eigenvalue weighted by Crippen LogP contribution is -2.38. The van der Waals surface area contributed by atoms with E-state index in [9.17, 15) is 9.59 Å². The van der Waals surface area contributed by atoms with Gasteiger partial charge in [0.2, 0.25) is 5.91 Å². The summed E-state index contributed by atoms with van der Waals surface area (Å²) in [6.07, 6.45) is 2.10. The van der Waals surface area contributed by atoms with Crippen molar-refractivity contribution in [3.05, 3.63) is 72.1 Å². The quantitative estimate of drug-likeness (QED) is 0.649. The van der Waals surface area contributed by atoms with E-state index < -0.39 is 0 Å². The first-order chi connectivity index (χ1) is 15.6. The molecule has 0 unspecified atom stereocenters. The van der Waals surface area contributed by atoms with E-state index in [4.69, 9.17) is 4.74 Å². The van der Waals surface area contributed by atoms with Crippen LogP contribution in [0, 0.1) is 5.92 Å². The SMILES string of the molecule is CCN1CCN(C(=O)c2ccn[nH]2)C[C@@H](Cc2ccccc2-c2ccccc2OC)C1=O. The number of ether oxygens (including phenoxy) is 1. The van der Waals surface area contributed by atoms with E-state index in [0.29, 0.717) is 38.3 Å². The minimum atomic E-state index is -0.333. The first kappa shape index (κ1) is 21.6. The Balaban J connectivity index is 1.66. The van der Waals surface area contributed by atoms with E-state index >= 15 is 0 Å². The smallest absolute Gasteiger partial charge is 0.271 e. The highest BCUT2D eigenvalue weighted by molar-refractivity contribution is 5.93. The Hall–Kier alpha value is -3.61. The number of carbonyl (C=O) groups excluding carboxylic acids is 2. The van der Waals surface area contributed by atoms with Gasteiger partial charge in [-0.3, -0.25) is 14.7 Å². The summed E-state index contributed by atoms with van der Waals surface area (Å²) in [6.45, 7) is 4.00. The summed E-state index contributed by atoms with van der Waals surface area (Å²) in [7, 11) is 1.66. The Morgan fingerprint density at radius 1 is 1.09 bits per heavy atom. The number of rotatable bonds is 6. The predicted molar refractivity (Wildman–Crippen MR) is 122 cm³/mol. The third-order valence-electron chi connectivity index (χ3n) is 6.02. The zero-order valence-corrected chi connectivity index (χ0v) is 18.5. The molecule has 1 saturated heterocycles. The fourth-order valence-electron chi connectivity index (χ4n) is 4.33. The number of hydrogen-bond acceptors (Lipinski definition) is 4. The highest BCUT2D eigenvalue weighted by atomic mass is 16.5. The molecule has 166 valence electrons. The molecular formula is C25H28N4O3. The lowest BCUT2D eigenvalue weighted by Gasteiger charge is -2.24. The highest BCUT2D eigenvalue weighted by Crippen LogP contribution is 2.33. The van der Waals surface area contributed by atoms with Crippen molar-refractivity contribution in [2.24, 2.45) is 5.92 Å². The minimum absolute atomic E-state index is 0.0854. The molecule has 2 amide bonds. The van der Waals surface area contributed by atoms with Gasteiger partial charge in [0.05, 0.1) is 13.0 Å². The number of methoxy groups -OCH3 is 1. The Labute approximate surface area is 188 Å². The van der Waals surface area contributed by atoms with E-state index in [1.54, 1.807) is 24.3 Å². The normalized spacial score (nSPS) is 16.7. The number of nitrogens with one attached hydrogen (secondary N) is 1. The van der Waals surface area contributed by atoms with Crippen LogP contribution >= 0.6 is 0 Å². The Bertz CT molecular complexity index is 1080. The van der Waals surface area contributed by atoms with Crippen molar-refractivity contribution in [3.8, 4) is 16.9 Å². The number of carbonyl (C=O) groups is 2. The number of likely N-dealkylation sites (N-methyl/N-ethyl adjacent to an activating group) is 1. The number of nitrogens with zero attached hydrogens (tertiary/aromatic N) is 3. The number of aromatic nitrogens is 2. The van der Waals surface area contributed by atoms with E-state index in [2.05, 4.69) is 22.3 Å². The van der Waals surface area contributed by atoms with Crippen LogP contribution in [-0.4, -0.2) is 65.1 Å². The lowest BCUT2D eigenvalue weighted by atomic mass is 9.91. The Morgan fingerprint density at radius 2 is 1.84 bits per heavy atom. The van der Waals surface area contributed by atoms with Crippen LogP contribution in [0.15, 0.2) is 60.8 Å². The van der Waals surface area contributed by atoms with Gasteiger partial charge in [-0.05, 0) is 36.6 Å². The molecular weight excluding hydrogens is 404 g/mol. The van der Waals surface area contributed by atoms with Crippen molar-refractivity contribution in [2.75, 3.05) is 33.3 Å². The molecule has 1 aliphatic heterocycles. The molecule has 4 rings (SSSR count). The van der Waals surface area contributed by atoms with Gasteiger partial charge in [-0.25, -0.2) is 0 Å². The number of para-hydroxylation sites is 1. The number of amides is 2. The number of hydrogen-bond donors (Lipinski definition) is 1. The monoisotopic (exact) mass is 432 g/mol. The van der Waals surface area contributed by atoms with E-state index in [1.165, 1.54) is 0 Å². The van der Waals surface area contributed by atoms with E-state index in [0.717, 1.165) is 22.4 Å². The zero-order chi connectivity index (χ0) is 22.5. The third kappa shape index (κ3) is 4.37. The molecule has 1 aromatic heterocycles. The molecule has 0 spiro atoms. The van der Waals surface area contributed by atoms with E-state index in [-0.39, 0.29) is 17.7 Å². The topological polar surface area (TPSA) is 78.5 Å². The Kier molecular flexibility index (Phi) is 6.54. The molecule has 0 aliphatic carbocycles. The van der Waals surface area contributed by atoms with Gasteiger partial charge in [0, 0.05) is 37.9 Å². The van der Waals surface area contributed by atoms with Gasteiger partial charge in [0.15, 0.2) is 0 Å². The summed E-state index contributed by atoms with van der Waals surface area (Å²) < 4.78 is 5.57. The maximum Gasteiger partial charge on any atom is 0.271 e. The molecule has 2 aromatic carbocycles. The second-order valence-corrected chi connectivity index (χ2v) is 7.90. The molecule has 3 aromatic rings. The largest absolute Gasteiger partial charge is 0.496 e. The molecule has 7 nitrogen and oxygen atoms in total. The standard InChI is InChI=1S/C25H28N4O3/c1-3-28-14-15-29(25(31)22-12-13-26-27-22)17-19(24(28)30)16-18-8-4-5-9-20(18)21-10-6-7-11-23(21)32-2/h4-13,19H,3,14-17H2,1-2H3,(H,26,27)/t19-/m1/s1. The summed E-state index contributed by atoms with van der Waals surface area (Å²) in [5.41, 5.74) is 3.53. The second-order valence-electron chi connectivity index (χ2n) is 7.90. The van der Waals surface area contributed by atoms with Crippen LogP contribution in [0.5, 0.6) is 5.75 Å². The van der Waals surface area contributed by atoms with Crippen LogP contribution in [0.3, 0.4) is 0 Å². The lowest BCUT2D eigenvalue weighted by molar-refractivity contribution is -0.134. The first-order valence-corrected chi connectivity index (χ1v) is 10.9. The summed E-state index contributed by atoms with van der Waals surface area (Å²) >= 11 is 0. The molecule has 0 radical (unpaired) electrons. The zero-order valence-electron chi connectivity index (χ0n) is 18.5. The van der Waals surface area contributed by atoms with Crippen LogP contribution in [0.25, 0.3) is 11.1 Å². The third-order valence-corrected chi connectivity index (χ3v) is 6.02. The van der Waals surface area contributed by atoms with Gasteiger partial charge in [0.25, 0.3) is 5.91 Å². The number of benzene rings is 2. The van der Waals surface area contributed by atoms with E-state index in [1.807, 2.05) is 48.2 Å². The van der Waals surface area contributed by atoms with Crippen molar-refractivity contribution in [2.45, 2.75) is 13.3 Å². The van der Waals surface area contributed by atoms with Crippen LogP contribution in [0.1, 0.15) is 23.0 Å². The maximum absolute atomic E-state index is 13.3. The van der Waals surface area contributed by atoms with Crippen LogP contribution in [0.2, 0.25) is 0 Å². The average molecular weight is 433 g/mol. The van der Waals surface area contributed by atoms with Gasteiger partial charge in [-0.2, -0.15) is 5.10 Å². The molecule has 1 N–H and O–H groups in total. The predicted octanol–water partition coefficient (Wildman–Crippen LogP) is 3.25. The van der Waals surface area contributed by atoms with Crippen molar-refractivity contribution in [3.63, 3.8) is 0 Å². The van der Waals surface area contributed by atoms with Crippen molar-refractivity contribution in [1.29, 1.82) is 0 Å². The van der Waals surface area contributed by atoms with Crippen LogP contribution in [0.4, 0.5) is 0 Å². The molecule has 7 heteroatoms. The fraction of sp³-hybridized carbons (Fsp3) is 0.320. The molecule has 0 saturated carbocycles. The first-order valence-electron chi connectivity index (χ1n) is 10.9. The van der Waals surface area contributed by atoms with Gasteiger partial charge < -0.3 is 14.5 Å². The summed E-state index contributed by atoms with van der Waals surface area (Å²) in [6, 6.07) is 17.6. The van der Waals surface area contributed by atoms with Crippen LogP contribution in [-0.2, 0) is 11.2 Å². The molecule has 1 aliphatic rings. The van der Waals surface area contributed by atoms with Gasteiger partial charge in [-0.1, -0.05) is 42.5 Å². The minimum Gasteiger partial charge on any atom is -0.496 e. The summed E-state index contributed by atoms with van der Waals surface area (Å²) in [5, 5.41) is 6.64. The summed E-state index contributed by atoms with van der Waals surface area (Å²) in [4.78, 5) is 29.9. The van der Waals surface area contributed by atoms with Crippen LogP contribution < -0.4 is 4.74 Å². The number of H-pyrrole nitrogens is 1. The fourth-order valence-corrected chi connectivity index (χ4v) is 4.33. The molecule has 1 atom stereocenters. The van der Waals surface area contributed by atoms with Crippen molar-refractivity contribution >= 4 is 11.8 Å². The van der Waals surface area contributed by atoms with Gasteiger partial charge >= 0.3 is 0 Å². The van der Waals surface area contributed by atoms with Gasteiger partial charge in [0.1, 0.15) is 11.4 Å². The Morgan fingerprint density at radius 3 is 2.56 bits per heavy atom. The van der Waals surface area contributed by atoms with Crippen molar-refractivity contribution < 1.29 is 14.3 Å². The number of aromatic amines is 1. The maximum atomic E-state index is 13.3. The van der Waals surface area contributed by atoms with Crippen molar-refractivity contribution in [1.82, 2.24) is 20.0 Å². The molecule has 32 heavy (non-hydrogen) atoms. The van der Waals surface area contributed by atoms with Gasteiger partial charge in [-0.15, -0.1) is 0 Å². The summed E-state index contributed by atoms with van der Waals surface area (Å²) in [5.74, 6) is 0.414. The molecule has 1 fully saturated rings. The second kappa shape index (κ2) is 9.68.